The van der Waals surface area contributed by atoms with Crippen molar-refractivity contribution in [3.63, 3.8) is 0 Å². The lowest BCUT2D eigenvalue weighted by atomic mass is 10.0. The fourth-order valence-corrected chi connectivity index (χ4v) is 4.71. The summed E-state index contributed by atoms with van der Waals surface area (Å²) in [5.41, 5.74) is 1.53. The Morgan fingerprint density at radius 3 is 2.19 bits per heavy atom. The van der Waals surface area contributed by atoms with Crippen LogP contribution in [0.15, 0.2) is 53.3 Å². The monoisotopic (exact) mass is 515 g/mol. The van der Waals surface area contributed by atoms with Crippen molar-refractivity contribution >= 4 is 18.1 Å². The molecule has 0 atom stereocenters. The first-order chi connectivity index (χ1) is 16.7. The molecule has 0 amide bonds. The highest BCUT2D eigenvalue weighted by atomic mass is 35.5. The van der Waals surface area contributed by atoms with Crippen molar-refractivity contribution in [2.24, 2.45) is 0 Å². The Morgan fingerprint density at radius 1 is 0.944 bits per heavy atom. The summed E-state index contributed by atoms with van der Waals surface area (Å²) in [5.74, 6) is 0. The van der Waals surface area contributed by atoms with Crippen molar-refractivity contribution in [2.75, 3.05) is 13.1 Å². The second kappa shape index (κ2) is 11.3. The summed E-state index contributed by atoms with van der Waals surface area (Å²) in [6.45, 7) is 14.1. The highest BCUT2D eigenvalue weighted by Crippen LogP contribution is 2.37. The van der Waals surface area contributed by atoms with Crippen molar-refractivity contribution in [3.05, 3.63) is 98.1 Å². The van der Waals surface area contributed by atoms with Gasteiger partial charge >= 0.3 is 6.18 Å². The van der Waals surface area contributed by atoms with Gasteiger partial charge in [0.05, 0.1) is 18.7 Å². The van der Waals surface area contributed by atoms with Gasteiger partial charge in [0.25, 0.3) is 11.2 Å². The SMILES string of the molecule is Cl.[C-]#[N+]c1c(C(F)(F)F)cc(-c2ccc(CN3CCCCC3)cc2)n(Cc2ccc(C)cc2C)c1=O. The van der Waals surface area contributed by atoms with Gasteiger partial charge in [-0.3, -0.25) is 9.69 Å². The third-order valence-corrected chi connectivity index (χ3v) is 6.62. The minimum atomic E-state index is -4.80. The van der Waals surface area contributed by atoms with E-state index >= 15 is 0 Å². The van der Waals surface area contributed by atoms with Crippen molar-refractivity contribution in [1.29, 1.82) is 0 Å². The molecule has 2 aromatic carbocycles. The van der Waals surface area contributed by atoms with Crippen LogP contribution in [0.5, 0.6) is 0 Å². The second-order valence-corrected chi connectivity index (χ2v) is 9.26. The molecule has 0 N–H and O–H groups in total. The lowest BCUT2D eigenvalue weighted by Gasteiger charge is -2.26. The summed E-state index contributed by atoms with van der Waals surface area (Å²) in [6, 6.07) is 14.0. The number of alkyl halides is 3. The molecule has 1 saturated heterocycles. The first-order valence-electron chi connectivity index (χ1n) is 11.8. The predicted octanol–water partition coefficient (Wildman–Crippen LogP) is 7.16. The summed E-state index contributed by atoms with van der Waals surface area (Å²) in [6.07, 6.45) is -1.21. The molecule has 1 aliphatic heterocycles. The first kappa shape index (κ1) is 27.5. The van der Waals surface area contributed by atoms with Gasteiger partial charge in [-0.1, -0.05) is 54.4 Å². The fraction of sp³-hybridized carbons (Fsp3) is 0.357. The molecular weight excluding hydrogens is 487 g/mol. The Bertz CT molecular complexity index is 1320. The van der Waals surface area contributed by atoms with E-state index in [4.69, 9.17) is 6.57 Å². The summed E-state index contributed by atoms with van der Waals surface area (Å²) in [4.78, 5) is 18.6. The second-order valence-electron chi connectivity index (χ2n) is 9.26. The van der Waals surface area contributed by atoms with Gasteiger partial charge < -0.3 is 4.57 Å². The summed E-state index contributed by atoms with van der Waals surface area (Å²) in [7, 11) is 0. The molecule has 3 aromatic rings. The van der Waals surface area contributed by atoms with Gasteiger partial charge in [0.15, 0.2) is 0 Å². The molecule has 4 nitrogen and oxygen atoms in total. The molecule has 36 heavy (non-hydrogen) atoms. The lowest BCUT2D eigenvalue weighted by molar-refractivity contribution is -0.136. The Morgan fingerprint density at radius 2 is 1.61 bits per heavy atom. The van der Waals surface area contributed by atoms with Crippen molar-refractivity contribution in [2.45, 2.75) is 52.4 Å². The van der Waals surface area contributed by atoms with Crippen LogP contribution >= 0.6 is 12.4 Å². The van der Waals surface area contributed by atoms with E-state index in [1.165, 1.54) is 23.8 Å². The molecule has 190 valence electrons. The molecule has 0 saturated carbocycles. The van der Waals surface area contributed by atoms with E-state index in [-0.39, 0.29) is 24.6 Å². The van der Waals surface area contributed by atoms with Gasteiger partial charge in [0.2, 0.25) is 0 Å². The largest absolute Gasteiger partial charge is 0.407 e. The van der Waals surface area contributed by atoms with E-state index in [2.05, 4.69) is 9.74 Å². The zero-order valence-electron chi connectivity index (χ0n) is 20.4. The molecular formula is C28H29ClF3N3O. The summed E-state index contributed by atoms with van der Waals surface area (Å²) < 4.78 is 42.7. The molecule has 8 heteroatoms. The average molecular weight is 516 g/mol. The number of piperidine rings is 1. The van der Waals surface area contributed by atoms with Gasteiger partial charge in [0.1, 0.15) is 0 Å². The van der Waals surface area contributed by atoms with E-state index in [0.29, 0.717) is 5.56 Å². The van der Waals surface area contributed by atoms with E-state index in [1.54, 1.807) is 12.1 Å². The van der Waals surface area contributed by atoms with Gasteiger partial charge in [0, 0.05) is 12.2 Å². The molecule has 1 aromatic heterocycles. The molecule has 0 unspecified atom stereocenters. The molecule has 1 fully saturated rings. The zero-order chi connectivity index (χ0) is 25.2. The van der Waals surface area contributed by atoms with Crippen molar-refractivity contribution in [1.82, 2.24) is 9.47 Å². The van der Waals surface area contributed by atoms with Crippen LogP contribution in [-0.2, 0) is 19.3 Å². The predicted molar refractivity (Wildman–Crippen MR) is 139 cm³/mol. The number of nitrogens with zero attached hydrogens (tertiary/aromatic N) is 3. The smallest absolute Gasteiger partial charge is 0.313 e. The normalized spacial score (nSPS) is 14.2. The maximum Gasteiger partial charge on any atom is 0.407 e. The molecule has 0 bridgehead atoms. The summed E-state index contributed by atoms with van der Waals surface area (Å²) >= 11 is 0. The molecule has 0 radical (unpaired) electrons. The minimum Gasteiger partial charge on any atom is -0.313 e. The van der Waals surface area contributed by atoms with Crippen LogP contribution in [0.2, 0.25) is 0 Å². The maximum atomic E-state index is 13.8. The number of likely N-dealkylation sites (tertiary alicyclic amines) is 1. The average Bonchev–Trinajstić information content (AvgIpc) is 2.82. The quantitative estimate of drug-likeness (QED) is 0.337. The molecule has 2 heterocycles. The molecule has 0 aliphatic carbocycles. The van der Waals surface area contributed by atoms with Crippen LogP contribution in [0.1, 0.15) is 47.1 Å². The van der Waals surface area contributed by atoms with Crippen LogP contribution in [0.3, 0.4) is 0 Å². The first-order valence-corrected chi connectivity index (χ1v) is 11.8. The van der Waals surface area contributed by atoms with Crippen LogP contribution in [0.25, 0.3) is 16.1 Å². The van der Waals surface area contributed by atoms with Crippen LogP contribution in [0.4, 0.5) is 18.9 Å². The van der Waals surface area contributed by atoms with Gasteiger partial charge in [-0.25, -0.2) is 4.85 Å². The minimum absolute atomic E-state index is 0. The zero-order valence-corrected chi connectivity index (χ0v) is 21.2. The fourth-order valence-electron chi connectivity index (χ4n) is 4.71. The van der Waals surface area contributed by atoms with Gasteiger partial charge in [-0.15, -0.1) is 12.4 Å². The maximum absolute atomic E-state index is 13.8. The Hall–Kier alpha value is -3.08. The number of aryl methyl sites for hydroxylation is 2. The third-order valence-electron chi connectivity index (χ3n) is 6.62. The summed E-state index contributed by atoms with van der Waals surface area (Å²) in [5, 5.41) is 0. The lowest BCUT2D eigenvalue weighted by Crippen LogP contribution is -2.29. The van der Waals surface area contributed by atoms with Crippen molar-refractivity contribution < 1.29 is 13.2 Å². The van der Waals surface area contributed by atoms with E-state index in [0.717, 1.165) is 48.0 Å². The van der Waals surface area contributed by atoms with Crippen molar-refractivity contribution in [3.8, 4) is 11.3 Å². The standard InChI is InChI=1S/C28H28F3N3O.ClH/c1-19-7-10-23(20(2)15-19)18-34-25(16-24(28(29,30)31)26(32-3)27(34)35)22-11-8-21(9-12-22)17-33-13-5-4-6-14-33;/h7-12,15-16H,4-6,13-14,17-18H2,1-2H3;1H. The topological polar surface area (TPSA) is 29.6 Å². The molecule has 0 spiro atoms. The number of halogens is 4. The van der Waals surface area contributed by atoms with Crippen LogP contribution in [-0.4, -0.2) is 22.6 Å². The Labute approximate surface area is 215 Å². The van der Waals surface area contributed by atoms with Gasteiger partial charge in [-0.2, -0.15) is 13.2 Å². The number of pyridine rings is 1. The number of hydrogen-bond donors (Lipinski definition) is 0. The third kappa shape index (κ3) is 6.00. The van der Waals surface area contributed by atoms with Crippen LogP contribution < -0.4 is 5.56 Å². The molecule has 1 aliphatic rings. The molecule has 4 rings (SSSR count). The highest BCUT2D eigenvalue weighted by Gasteiger charge is 2.36. The van der Waals surface area contributed by atoms with E-state index < -0.39 is 23.0 Å². The number of hydrogen-bond acceptors (Lipinski definition) is 2. The number of benzene rings is 2. The number of rotatable bonds is 5. The highest BCUT2D eigenvalue weighted by molar-refractivity contribution is 5.85. The Balaban J connectivity index is 0.00000361. The van der Waals surface area contributed by atoms with E-state index in [1.807, 2.05) is 44.2 Å². The van der Waals surface area contributed by atoms with E-state index in [9.17, 15) is 18.0 Å². The Kier molecular flexibility index (Phi) is 8.65. The van der Waals surface area contributed by atoms with Crippen LogP contribution in [0, 0.1) is 20.4 Å². The number of aromatic nitrogens is 1. The van der Waals surface area contributed by atoms with Gasteiger partial charge in [-0.05, 0) is 68.1 Å².